The average molecular weight is 258 g/mol. The zero-order valence-electron chi connectivity index (χ0n) is 11.0. The normalized spacial score (nSPS) is 21.5. The van der Waals surface area contributed by atoms with Gasteiger partial charge in [-0.2, -0.15) is 0 Å². The molecule has 1 heterocycles. The molecule has 0 bridgehead atoms. The molecule has 1 rings (SSSR count). The highest BCUT2D eigenvalue weighted by molar-refractivity contribution is 5.76. The number of aliphatic carboxylic acids is 1. The number of hydrogen-bond donors (Lipinski definition) is 2. The Hall–Kier alpha value is -1.30. The Morgan fingerprint density at radius 2 is 2.11 bits per heavy atom. The summed E-state index contributed by atoms with van der Waals surface area (Å²) in [5.41, 5.74) is 0. The predicted molar refractivity (Wildman–Crippen MR) is 66.3 cm³/mol. The first-order chi connectivity index (χ1) is 8.41. The molecule has 1 fully saturated rings. The third-order valence-corrected chi connectivity index (χ3v) is 3.15. The van der Waals surface area contributed by atoms with E-state index in [1.54, 1.807) is 18.9 Å². The lowest BCUT2D eigenvalue weighted by Crippen LogP contribution is -2.51. The number of rotatable bonds is 4. The van der Waals surface area contributed by atoms with Crippen LogP contribution in [0.4, 0.5) is 4.79 Å². The molecule has 0 aromatic rings. The number of carbonyl (C=O) groups is 2. The summed E-state index contributed by atoms with van der Waals surface area (Å²) >= 11 is 0. The van der Waals surface area contributed by atoms with Crippen LogP contribution in [-0.2, 0) is 4.79 Å². The lowest BCUT2D eigenvalue weighted by Gasteiger charge is -2.37. The largest absolute Gasteiger partial charge is 0.481 e. The van der Waals surface area contributed by atoms with Gasteiger partial charge in [0.05, 0.1) is 12.5 Å². The van der Waals surface area contributed by atoms with Crippen molar-refractivity contribution in [2.24, 2.45) is 0 Å². The van der Waals surface area contributed by atoms with Gasteiger partial charge < -0.3 is 20.0 Å². The summed E-state index contributed by atoms with van der Waals surface area (Å²) in [4.78, 5) is 26.0. The monoisotopic (exact) mass is 258 g/mol. The molecule has 104 valence electrons. The zero-order valence-corrected chi connectivity index (χ0v) is 11.0. The smallest absolute Gasteiger partial charge is 0.320 e. The predicted octanol–water partition coefficient (Wildman–Crippen LogP) is 0.748. The molecule has 0 saturated carbocycles. The van der Waals surface area contributed by atoms with Gasteiger partial charge in [0.25, 0.3) is 0 Å². The first-order valence-electron chi connectivity index (χ1n) is 6.33. The number of aliphatic hydroxyl groups is 1. The molecule has 1 saturated heterocycles. The van der Waals surface area contributed by atoms with Crippen LogP contribution in [0.2, 0.25) is 0 Å². The van der Waals surface area contributed by atoms with Gasteiger partial charge in [0, 0.05) is 26.2 Å². The number of nitrogens with zero attached hydrogens (tertiary/aromatic N) is 2. The number of aliphatic hydroxyl groups excluding tert-OH is 1. The number of urea groups is 1. The summed E-state index contributed by atoms with van der Waals surface area (Å²) in [5.74, 6) is -0.877. The van der Waals surface area contributed by atoms with Crippen LogP contribution in [-0.4, -0.2) is 64.3 Å². The van der Waals surface area contributed by atoms with E-state index in [4.69, 9.17) is 5.11 Å². The van der Waals surface area contributed by atoms with Crippen molar-refractivity contribution in [3.05, 3.63) is 0 Å². The zero-order chi connectivity index (χ0) is 13.7. The van der Waals surface area contributed by atoms with Gasteiger partial charge in [0.2, 0.25) is 0 Å². The molecule has 0 aromatic carbocycles. The van der Waals surface area contributed by atoms with E-state index in [1.807, 2.05) is 0 Å². The standard InChI is InChI=1S/C12H22N2O4/c1-9(15)8-13(2)12(18)14-6-4-3-5-10(14)7-11(16)17/h9-10,15H,3-8H2,1-2H3,(H,16,17). The number of likely N-dealkylation sites (N-methyl/N-ethyl adjacent to an activating group) is 1. The van der Waals surface area contributed by atoms with E-state index in [1.165, 1.54) is 4.90 Å². The summed E-state index contributed by atoms with van der Waals surface area (Å²) in [6.45, 7) is 2.48. The molecule has 1 aliphatic rings. The summed E-state index contributed by atoms with van der Waals surface area (Å²) in [7, 11) is 1.63. The fourth-order valence-corrected chi connectivity index (χ4v) is 2.36. The van der Waals surface area contributed by atoms with E-state index in [0.717, 1.165) is 19.3 Å². The molecular weight excluding hydrogens is 236 g/mol. The maximum absolute atomic E-state index is 12.2. The summed E-state index contributed by atoms with van der Waals surface area (Å²) in [5, 5.41) is 18.1. The summed E-state index contributed by atoms with van der Waals surface area (Å²) in [6, 6.07) is -0.415. The average Bonchev–Trinajstić information content (AvgIpc) is 2.27. The highest BCUT2D eigenvalue weighted by Crippen LogP contribution is 2.21. The van der Waals surface area contributed by atoms with Gasteiger partial charge in [-0.15, -0.1) is 0 Å². The minimum Gasteiger partial charge on any atom is -0.481 e. The highest BCUT2D eigenvalue weighted by atomic mass is 16.4. The van der Waals surface area contributed by atoms with Crippen molar-refractivity contribution in [2.45, 2.75) is 44.8 Å². The Morgan fingerprint density at radius 1 is 1.44 bits per heavy atom. The number of piperidine rings is 1. The fourth-order valence-electron chi connectivity index (χ4n) is 2.36. The van der Waals surface area contributed by atoms with Gasteiger partial charge in [-0.05, 0) is 26.2 Å². The van der Waals surface area contributed by atoms with Crippen LogP contribution in [0.25, 0.3) is 0 Å². The van der Waals surface area contributed by atoms with Crippen LogP contribution >= 0.6 is 0 Å². The Morgan fingerprint density at radius 3 is 2.67 bits per heavy atom. The molecule has 0 radical (unpaired) electrons. The van der Waals surface area contributed by atoms with Crippen LogP contribution in [0.1, 0.15) is 32.6 Å². The Kier molecular flexibility index (Phi) is 5.40. The molecule has 2 unspecified atom stereocenters. The van der Waals surface area contributed by atoms with Gasteiger partial charge in [-0.3, -0.25) is 4.79 Å². The Balaban J connectivity index is 2.64. The summed E-state index contributed by atoms with van der Waals surface area (Å²) < 4.78 is 0. The minimum absolute atomic E-state index is 0.00570. The first kappa shape index (κ1) is 14.8. The third-order valence-electron chi connectivity index (χ3n) is 3.15. The van der Waals surface area contributed by atoms with Gasteiger partial charge >= 0.3 is 12.0 Å². The topological polar surface area (TPSA) is 81.1 Å². The van der Waals surface area contributed by atoms with Crippen molar-refractivity contribution in [3.63, 3.8) is 0 Å². The van der Waals surface area contributed by atoms with Crippen LogP contribution in [0.5, 0.6) is 0 Å². The van der Waals surface area contributed by atoms with Gasteiger partial charge in [0.15, 0.2) is 0 Å². The van der Waals surface area contributed by atoms with Crippen LogP contribution in [0, 0.1) is 0 Å². The molecule has 0 aromatic heterocycles. The van der Waals surface area contributed by atoms with Gasteiger partial charge in [-0.1, -0.05) is 0 Å². The van der Waals surface area contributed by atoms with Crippen LogP contribution in [0.15, 0.2) is 0 Å². The van der Waals surface area contributed by atoms with E-state index in [9.17, 15) is 14.7 Å². The quantitative estimate of drug-likeness (QED) is 0.779. The maximum Gasteiger partial charge on any atom is 0.320 e. The second kappa shape index (κ2) is 6.58. The second-order valence-electron chi connectivity index (χ2n) is 4.95. The molecular formula is C12H22N2O4. The number of carboxylic acids is 1. The number of likely N-dealkylation sites (tertiary alicyclic amines) is 1. The molecule has 18 heavy (non-hydrogen) atoms. The third kappa shape index (κ3) is 4.18. The molecule has 1 aliphatic heterocycles. The van der Waals surface area contributed by atoms with Crippen molar-refractivity contribution in [2.75, 3.05) is 20.1 Å². The van der Waals surface area contributed by atoms with E-state index in [0.29, 0.717) is 6.54 Å². The molecule has 2 amide bonds. The van der Waals surface area contributed by atoms with Crippen LogP contribution in [0.3, 0.4) is 0 Å². The van der Waals surface area contributed by atoms with E-state index >= 15 is 0 Å². The number of carbonyl (C=O) groups excluding carboxylic acids is 1. The van der Waals surface area contributed by atoms with E-state index in [-0.39, 0.29) is 25.0 Å². The Bertz CT molecular complexity index is 306. The van der Waals surface area contributed by atoms with Crippen molar-refractivity contribution < 1.29 is 19.8 Å². The number of carboxylic acid groups (broad SMARTS) is 1. The molecule has 2 atom stereocenters. The van der Waals surface area contributed by atoms with Crippen molar-refractivity contribution in [1.29, 1.82) is 0 Å². The highest BCUT2D eigenvalue weighted by Gasteiger charge is 2.30. The van der Waals surface area contributed by atoms with Gasteiger partial charge in [0.1, 0.15) is 0 Å². The molecule has 0 spiro atoms. The van der Waals surface area contributed by atoms with Crippen LogP contribution < -0.4 is 0 Å². The number of hydrogen-bond acceptors (Lipinski definition) is 3. The summed E-state index contributed by atoms with van der Waals surface area (Å²) in [6.07, 6.45) is 2.02. The van der Waals surface area contributed by atoms with Crippen molar-refractivity contribution in [3.8, 4) is 0 Å². The fraction of sp³-hybridized carbons (Fsp3) is 0.833. The molecule has 6 heteroatoms. The van der Waals surface area contributed by atoms with Crippen molar-refractivity contribution in [1.82, 2.24) is 9.80 Å². The maximum atomic E-state index is 12.2. The van der Waals surface area contributed by atoms with E-state index in [2.05, 4.69) is 0 Å². The van der Waals surface area contributed by atoms with E-state index < -0.39 is 12.1 Å². The van der Waals surface area contributed by atoms with Gasteiger partial charge in [-0.25, -0.2) is 4.79 Å². The molecule has 0 aliphatic carbocycles. The lowest BCUT2D eigenvalue weighted by molar-refractivity contribution is -0.138. The second-order valence-corrected chi connectivity index (χ2v) is 4.95. The molecule has 2 N–H and O–H groups in total. The minimum atomic E-state index is -0.877. The van der Waals surface area contributed by atoms with Crippen molar-refractivity contribution >= 4 is 12.0 Å². The first-order valence-corrected chi connectivity index (χ1v) is 6.33. The Labute approximate surface area is 107 Å². The SMILES string of the molecule is CC(O)CN(C)C(=O)N1CCCCC1CC(=O)O. The number of amides is 2. The lowest BCUT2D eigenvalue weighted by atomic mass is 10.00. The molecule has 6 nitrogen and oxygen atoms in total.